The number of hydrogen-bond acceptors (Lipinski definition) is 5. The molecule has 5 heteroatoms. The summed E-state index contributed by atoms with van der Waals surface area (Å²) in [6, 6.07) is 30.1. The van der Waals surface area contributed by atoms with Crippen LogP contribution in [-0.2, 0) is 43.5 Å². The lowest BCUT2D eigenvalue weighted by molar-refractivity contribution is -0.260. The van der Waals surface area contributed by atoms with E-state index < -0.39 is 18.5 Å². The number of ether oxygens (including phenoxy) is 5. The molecule has 0 unspecified atom stereocenters. The second kappa shape index (κ2) is 12.6. The molecule has 0 bridgehead atoms. The third-order valence-electron chi connectivity index (χ3n) is 5.80. The molecule has 1 heterocycles. The molecule has 0 saturated carbocycles. The van der Waals surface area contributed by atoms with Crippen molar-refractivity contribution < 1.29 is 23.7 Å². The second-order valence-corrected chi connectivity index (χ2v) is 8.29. The van der Waals surface area contributed by atoms with Crippen LogP contribution in [-0.4, -0.2) is 38.3 Å². The van der Waals surface area contributed by atoms with Gasteiger partial charge in [0, 0.05) is 7.11 Å². The first kappa shape index (κ1) is 24.3. The Morgan fingerprint density at radius 3 is 1.65 bits per heavy atom. The van der Waals surface area contributed by atoms with E-state index in [1.807, 2.05) is 91.0 Å². The van der Waals surface area contributed by atoms with Crippen LogP contribution < -0.4 is 0 Å². The standard InChI is InChI=1S/C29H32O5/c1-22-27(32-19-24-14-8-4-9-15-24)26(21-31-18-23-12-6-3-7-13-23)34-29(30-2)28(22)33-20-25-16-10-5-11-17-25/h3-17,26-29H,1,18-21H2,2H3/t26-,27-,28-,29+/m1/s1. The monoisotopic (exact) mass is 460 g/mol. The molecule has 5 nitrogen and oxygen atoms in total. The molecule has 1 aliphatic heterocycles. The van der Waals surface area contributed by atoms with Gasteiger partial charge in [-0.1, -0.05) is 97.6 Å². The van der Waals surface area contributed by atoms with Gasteiger partial charge in [0.15, 0.2) is 6.29 Å². The van der Waals surface area contributed by atoms with Crippen LogP contribution in [0.2, 0.25) is 0 Å². The van der Waals surface area contributed by atoms with Gasteiger partial charge in [-0.2, -0.15) is 0 Å². The minimum absolute atomic E-state index is 0.346. The first-order chi connectivity index (χ1) is 16.7. The molecule has 0 amide bonds. The van der Waals surface area contributed by atoms with E-state index in [0.717, 1.165) is 22.3 Å². The van der Waals surface area contributed by atoms with Crippen molar-refractivity contribution in [2.75, 3.05) is 13.7 Å². The Morgan fingerprint density at radius 1 is 0.676 bits per heavy atom. The van der Waals surface area contributed by atoms with E-state index in [4.69, 9.17) is 23.7 Å². The maximum Gasteiger partial charge on any atom is 0.187 e. The van der Waals surface area contributed by atoms with Crippen LogP contribution in [0, 0.1) is 0 Å². The van der Waals surface area contributed by atoms with Gasteiger partial charge in [-0.05, 0) is 22.3 Å². The van der Waals surface area contributed by atoms with Crippen molar-refractivity contribution in [1.82, 2.24) is 0 Å². The van der Waals surface area contributed by atoms with Crippen LogP contribution in [0.1, 0.15) is 16.7 Å². The van der Waals surface area contributed by atoms with Crippen LogP contribution in [0.5, 0.6) is 0 Å². The van der Waals surface area contributed by atoms with Crippen molar-refractivity contribution in [3.8, 4) is 0 Å². The number of rotatable bonds is 11. The van der Waals surface area contributed by atoms with Gasteiger partial charge in [-0.3, -0.25) is 0 Å². The predicted octanol–water partition coefficient (Wildman–Crippen LogP) is 5.30. The predicted molar refractivity (Wildman–Crippen MR) is 131 cm³/mol. The minimum atomic E-state index is -0.599. The number of hydrogen-bond donors (Lipinski definition) is 0. The zero-order chi connectivity index (χ0) is 23.6. The van der Waals surface area contributed by atoms with Crippen LogP contribution in [0.15, 0.2) is 103 Å². The molecule has 0 spiro atoms. The lowest BCUT2D eigenvalue weighted by atomic mass is 9.96. The zero-order valence-corrected chi connectivity index (χ0v) is 19.5. The largest absolute Gasteiger partial charge is 0.374 e. The molecular weight excluding hydrogens is 428 g/mol. The first-order valence-electron chi connectivity index (χ1n) is 11.5. The first-order valence-corrected chi connectivity index (χ1v) is 11.5. The number of methoxy groups -OCH3 is 1. The average molecular weight is 461 g/mol. The molecule has 3 aromatic carbocycles. The Kier molecular flexibility index (Phi) is 9.02. The Bertz CT molecular complexity index is 993. The fraction of sp³-hybridized carbons (Fsp3) is 0.310. The van der Waals surface area contributed by atoms with E-state index in [1.165, 1.54) is 0 Å². The Labute approximate surface area is 201 Å². The molecule has 3 aromatic rings. The van der Waals surface area contributed by atoms with Gasteiger partial charge in [0.2, 0.25) is 0 Å². The molecule has 1 fully saturated rings. The van der Waals surface area contributed by atoms with E-state index in [9.17, 15) is 0 Å². The van der Waals surface area contributed by atoms with Gasteiger partial charge < -0.3 is 23.7 Å². The highest BCUT2D eigenvalue weighted by atomic mass is 16.7. The molecule has 1 saturated heterocycles. The summed E-state index contributed by atoms with van der Waals surface area (Å²) in [5.74, 6) is 0. The van der Waals surface area contributed by atoms with Crippen LogP contribution in [0.3, 0.4) is 0 Å². The lowest BCUT2D eigenvalue weighted by Crippen LogP contribution is -2.53. The summed E-state index contributed by atoms with van der Waals surface area (Å²) in [6.07, 6.45) is -1.83. The smallest absolute Gasteiger partial charge is 0.187 e. The van der Waals surface area contributed by atoms with Crippen LogP contribution in [0.4, 0.5) is 0 Å². The van der Waals surface area contributed by atoms with Crippen molar-refractivity contribution in [3.05, 3.63) is 120 Å². The van der Waals surface area contributed by atoms with Gasteiger partial charge in [-0.15, -0.1) is 0 Å². The highest BCUT2D eigenvalue weighted by Gasteiger charge is 2.42. The van der Waals surface area contributed by atoms with Gasteiger partial charge in [0.25, 0.3) is 0 Å². The summed E-state index contributed by atoms with van der Waals surface area (Å²) in [6.45, 7) is 6.05. The fourth-order valence-corrected chi connectivity index (χ4v) is 3.98. The molecule has 0 aromatic heterocycles. The molecule has 178 valence electrons. The summed E-state index contributed by atoms with van der Waals surface area (Å²) in [4.78, 5) is 0. The van der Waals surface area contributed by atoms with Crippen molar-refractivity contribution in [1.29, 1.82) is 0 Å². The van der Waals surface area contributed by atoms with Crippen LogP contribution in [0.25, 0.3) is 0 Å². The second-order valence-electron chi connectivity index (χ2n) is 8.29. The zero-order valence-electron chi connectivity index (χ0n) is 19.5. The highest BCUT2D eigenvalue weighted by Crippen LogP contribution is 2.31. The van der Waals surface area contributed by atoms with Crippen LogP contribution >= 0.6 is 0 Å². The molecule has 1 aliphatic rings. The van der Waals surface area contributed by atoms with Crippen molar-refractivity contribution in [2.24, 2.45) is 0 Å². The summed E-state index contributed by atoms with van der Waals surface area (Å²) < 4.78 is 30.5. The van der Waals surface area contributed by atoms with Crippen molar-refractivity contribution in [3.63, 3.8) is 0 Å². The molecule has 0 aliphatic carbocycles. The quantitative estimate of drug-likeness (QED) is 0.363. The van der Waals surface area contributed by atoms with Gasteiger partial charge >= 0.3 is 0 Å². The Hall–Kier alpha value is -2.80. The summed E-state index contributed by atoms with van der Waals surface area (Å²) in [5.41, 5.74) is 4.04. The molecule has 0 radical (unpaired) electrons. The third-order valence-corrected chi connectivity index (χ3v) is 5.80. The van der Waals surface area contributed by atoms with E-state index in [2.05, 4.69) is 6.58 Å². The summed E-state index contributed by atoms with van der Waals surface area (Å²) in [5, 5.41) is 0. The Morgan fingerprint density at radius 2 is 1.15 bits per heavy atom. The minimum Gasteiger partial charge on any atom is -0.374 e. The van der Waals surface area contributed by atoms with E-state index >= 15 is 0 Å². The molecule has 4 rings (SSSR count). The normalized spacial score (nSPS) is 22.6. The fourth-order valence-electron chi connectivity index (χ4n) is 3.98. The summed E-state index contributed by atoms with van der Waals surface area (Å²) in [7, 11) is 1.61. The average Bonchev–Trinajstić information content (AvgIpc) is 2.89. The maximum atomic E-state index is 6.33. The highest BCUT2D eigenvalue weighted by molar-refractivity contribution is 5.19. The lowest BCUT2D eigenvalue weighted by Gasteiger charge is -2.42. The summed E-state index contributed by atoms with van der Waals surface area (Å²) >= 11 is 0. The van der Waals surface area contributed by atoms with Crippen molar-refractivity contribution in [2.45, 2.75) is 44.4 Å². The number of benzene rings is 3. The third kappa shape index (κ3) is 6.63. The van der Waals surface area contributed by atoms with Gasteiger partial charge in [-0.25, -0.2) is 0 Å². The molecule has 4 atom stereocenters. The SMILES string of the molecule is C=C1[C@@H](OCc2ccccc2)[C@@H](OC)O[C@H](COCc2ccccc2)[C@@H]1OCc1ccccc1. The molecule has 34 heavy (non-hydrogen) atoms. The van der Waals surface area contributed by atoms with E-state index in [1.54, 1.807) is 7.11 Å². The van der Waals surface area contributed by atoms with E-state index in [0.29, 0.717) is 26.4 Å². The topological polar surface area (TPSA) is 46.2 Å². The molecule has 0 N–H and O–H groups in total. The van der Waals surface area contributed by atoms with Gasteiger partial charge in [0.05, 0.1) is 26.4 Å². The Balaban J connectivity index is 1.45. The van der Waals surface area contributed by atoms with E-state index in [-0.39, 0.29) is 6.10 Å². The van der Waals surface area contributed by atoms with Gasteiger partial charge in [0.1, 0.15) is 18.3 Å². The maximum absolute atomic E-state index is 6.33. The van der Waals surface area contributed by atoms with Crippen molar-refractivity contribution >= 4 is 0 Å². The molecular formula is C29H32O5.